The molecule has 1 atom stereocenters. The average molecular weight is 255 g/mol. The molecule has 0 aliphatic carbocycles. The molecule has 0 radical (unpaired) electrons. The number of benzene rings is 1. The number of rotatable bonds is 3. The summed E-state index contributed by atoms with van der Waals surface area (Å²) in [7, 11) is -1.26. The van der Waals surface area contributed by atoms with Crippen LogP contribution in [0.1, 0.15) is 0 Å². The standard InChI is InChI=1S/C12H17NO3S/c1-13-7-8-16-11(9-13)10-17(14,15)12-5-3-2-4-6-12/h2-6,11H,7-10H2,1H3. The number of nitrogens with zero attached hydrogens (tertiary/aromatic N) is 1. The molecule has 4 nitrogen and oxygen atoms in total. The summed E-state index contributed by atoms with van der Waals surface area (Å²) in [6.45, 7) is 2.14. The van der Waals surface area contributed by atoms with Crippen molar-refractivity contribution in [2.45, 2.75) is 11.0 Å². The minimum Gasteiger partial charge on any atom is -0.374 e. The van der Waals surface area contributed by atoms with Crippen LogP contribution >= 0.6 is 0 Å². The molecular weight excluding hydrogens is 238 g/mol. The molecule has 1 heterocycles. The van der Waals surface area contributed by atoms with Crippen molar-refractivity contribution in [1.29, 1.82) is 0 Å². The van der Waals surface area contributed by atoms with Gasteiger partial charge in [-0.2, -0.15) is 0 Å². The SMILES string of the molecule is CN1CCOC(CS(=O)(=O)c2ccccc2)C1. The van der Waals surface area contributed by atoms with Crippen LogP contribution in [-0.2, 0) is 14.6 Å². The van der Waals surface area contributed by atoms with E-state index in [4.69, 9.17) is 4.74 Å². The van der Waals surface area contributed by atoms with Crippen LogP contribution in [0.15, 0.2) is 35.2 Å². The first-order valence-corrected chi connectivity index (χ1v) is 7.31. The van der Waals surface area contributed by atoms with E-state index in [0.29, 0.717) is 18.0 Å². The zero-order valence-corrected chi connectivity index (χ0v) is 10.7. The molecule has 1 fully saturated rings. The van der Waals surface area contributed by atoms with Gasteiger partial charge in [-0.05, 0) is 19.2 Å². The van der Waals surface area contributed by atoms with Crippen LogP contribution in [0.5, 0.6) is 0 Å². The van der Waals surface area contributed by atoms with Crippen LogP contribution in [0.4, 0.5) is 0 Å². The number of hydrogen-bond donors (Lipinski definition) is 0. The maximum atomic E-state index is 12.1. The topological polar surface area (TPSA) is 46.6 Å². The van der Waals surface area contributed by atoms with Crippen molar-refractivity contribution in [2.24, 2.45) is 0 Å². The second-order valence-corrected chi connectivity index (χ2v) is 6.38. The largest absolute Gasteiger partial charge is 0.374 e. The van der Waals surface area contributed by atoms with Gasteiger partial charge in [-0.25, -0.2) is 8.42 Å². The predicted octanol–water partition coefficient (Wildman–Crippen LogP) is 0.791. The van der Waals surface area contributed by atoms with Crippen molar-refractivity contribution in [3.05, 3.63) is 30.3 Å². The molecule has 0 saturated carbocycles. The Balaban J connectivity index is 2.07. The van der Waals surface area contributed by atoms with Crippen molar-refractivity contribution >= 4 is 9.84 Å². The summed E-state index contributed by atoms with van der Waals surface area (Å²) in [4.78, 5) is 2.46. The van der Waals surface area contributed by atoms with Crippen molar-refractivity contribution in [1.82, 2.24) is 4.90 Å². The minimum absolute atomic E-state index is 0.0569. The van der Waals surface area contributed by atoms with E-state index in [1.165, 1.54) is 0 Å². The van der Waals surface area contributed by atoms with Gasteiger partial charge in [-0.15, -0.1) is 0 Å². The smallest absolute Gasteiger partial charge is 0.180 e. The second kappa shape index (κ2) is 5.16. The van der Waals surface area contributed by atoms with Gasteiger partial charge in [0.15, 0.2) is 9.84 Å². The van der Waals surface area contributed by atoms with Crippen molar-refractivity contribution < 1.29 is 13.2 Å². The van der Waals surface area contributed by atoms with E-state index in [0.717, 1.165) is 6.54 Å². The Kier molecular flexibility index (Phi) is 3.81. The van der Waals surface area contributed by atoms with Gasteiger partial charge in [0.05, 0.1) is 23.4 Å². The lowest BCUT2D eigenvalue weighted by molar-refractivity contribution is -0.00680. The monoisotopic (exact) mass is 255 g/mol. The first kappa shape index (κ1) is 12.5. The summed E-state index contributed by atoms with van der Waals surface area (Å²) in [6, 6.07) is 8.54. The van der Waals surface area contributed by atoms with Gasteiger partial charge in [0.1, 0.15) is 0 Å². The first-order valence-electron chi connectivity index (χ1n) is 5.66. The van der Waals surface area contributed by atoms with Crippen LogP contribution in [0.2, 0.25) is 0 Å². The van der Waals surface area contributed by atoms with E-state index in [9.17, 15) is 8.42 Å². The molecule has 0 aromatic heterocycles. The molecule has 0 bridgehead atoms. The van der Waals surface area contributed by atoms with Gasteiger partial charge in [0, 0.05) is 13.1 Å². The Morgan fingerprint density at radius 3 is 2.71 bits per heavy atom. The third kappa shape index (κ3) is 3.28. The Hall–Kier alpha value is -0.910. The van der Waals surface area contributed by atoms with Crippen LogP contribution in [0, 0.1) is 0 Å². The number of hydrogen-bond acceptors (Lipinski definition) is 4. The zero-order chi connectivity index (χ0) is 12.3. The summed E-state index contributed by atoms with van der Waals surface area (Å²) in [5.74, 6) is 0.0569. The van der Waals surface area contributed by atoms with E-state index in [2.05, 4.69) is 4.90 Å². The van der Waals surface area contributed by atoms with E-state index in [1.807, 2.05) is 13.1 Å². The molecule has 1 aromatic rings. The van der Waals surface area contributed by atoms with E-state index < -0.39 is 9.84 Å². The summed E-state index contributed by atoms with van der Waals surface area (Å²) >= 11 is 0. The molecule has 1 aliphatic heterocycles. The summed E-state index contributed by atoms with van der Waals surface area (Å²) in [6.07, 6.45) is -0.223. The Morgan fingerprint density at radius 2 is 2.06 bits per heavy atom. The number of likely N-dealkylation sites (N-methyl/N-ethyl adjacent to an activating group) is 1. The van der Waals surface area contributed by atoms with Crippen LogP contribution in [0.25, 0.3) is 0 Å². The third-order valence-electron chi connectivity index (χ3n) is 2.85. The fraction of sp³-hybridized carbons (Fsp3) is 0.500. The molecular formula is C12H17NO3S. The molecule has 94 valence electrons. The molecule has 17 heavy (non-hydrogen) atoms. The Bertz CT molecular complexity index is 458. The first-order chi connectivity index (χ1) is 8.08. The van der Waals surface area contributed by atoms with Gasteiger partial charge < -0.3 is 9.64 Å². The molecule has 0 spiro atoms. The second-order valence-electron chi connectivity index (χ2n) is 4.35. The number of ether oxygens (including phenoxy) is 1. The number of sulfone groups is 1. The van der Waals surface area contributed by atoms with Gasteiger partial charge in [0.2, 0.25) is 0 Å². The molecule has 0 N–H and O–H groups in total. The fourth-order valence-electron chi connectivity index (χ4n) is 1.94. The maximum absolute atomic E-state index is 12.1. The molecule has 1 saturated heterocycles. The average Bonchev–Trinajstić information content (AvgIpc) is 2.29. The zero-order valence-electron chi connectivity index (χ0n) is 9.87. The molecule has 0 amide bonds. The minimum atomic E-state index is -3.24. The Morgan fingerprint density at radius 1 is 1.35 bits per heavy atom. The highest BCUT2D eigenvalue weighted by Gasteiger charge is 2.25. The molecule has 5 heteroatoms. The third-order valence-corrected chi connectivity index (χ3v) is 4.65. The highest BCUT2D eigenvalue weighted by Crippen LogP contribution is 2.14. The maximum Gasteiger partial charge on any atom is 0.180 e. The van der Waals surface area contributed by atoms with Crippen LogP contribution in [0.3, 0.4) is 0 Å². The highest BCUT2D eigenvalue weighted by atomic mass is 32.2. The van der Waals surface area contributed by atoms with Crippen LogP contribution < -0.4 is 0 Å². The predicted molar refractivity (Wildman–Crippen MR) is 65.7 cm³/mol. The normalized spacial score (nSPS) is 22.5. The number of morpholine rings is 1. The lowest BCUT2D eigenvalue weighted by Gasteiger charge is -2.29. The van der Waals surface area contributed by atoms with E-state index in [-0.39, 0.29) is 11.9 Å². The molecule has 1 unspecified atom stereocenters. The Labute approximate surface area is 102 Å². The van der Waals surface area contributed by atoms with Gasteiger partial charge in [-0.1, -0.05) is 18.2 Å². The van der Waals surface area contributed by atoms with Gasteiger partial charge in [0.25, 0.3) is 0 Å². The summed E-state index contributed by atoms with van der Waals surface area (Å²) < 4.78 is 29.7. The van der Waals surface area contributed by atoms with Crippen molar-refractivity contribution in [3.8, 4) is 0 Å². The molecule has 1 aromatic carbocycles. The highest BCUT2D eigenvalue weighted by molar-refractivity contribution is 7.91. The summed E-state index contributed by atoms with van der Waals surface area (Å²) in [5, 5.41) is 0. The lowest BCUT2D eigenvalue weighted by atomic mass is 10.3. The van der Waals surface area contributed by atoms with Gasteiger partial charge >= 0.3 is 0 Å². The molecule has 2 rings (SSSR count). The summed E-state index contributed by atoms with van der Waals surface area (Å²) in [5.41, 5.74) is 0. The van der Waals surface area contributed by atoms with E-state index >= 15 is 0 Å². The quantitative estimate of drug-likeness (QED) is 0.801. The fourth-order valence-corrected chi connectivity index (χ4v) is 3.39. The van der Waals surface area contributed by atoms with Crippen molar-refractivity contribution in [3.63, 3.8) is 0 Å². The van der Waals surface area contributed by atoms with Gasteiger partial charge in [-0.3, -0.25) is 0 Å². The molecule has 1 aliphatic rings. The van der Waals surface area contributed by atoms with Crippen molar-refractivity contribution in [2.75, 3.05) is 32.5 Å². The van der Waals surface area contributed by atoms with Crippen LogP contribution in [-0.4, -0.2) is 51.9 Å². The van der Waals surface area contributed by atoms with E-state index in [1.54, 1.807) is 24.3 Å². The lowest BCUT2D eigenvalue weighted by Crippen LogP contribution is -2.43.